The molecule has 1 N–H and O–H groups in total. The molecule has 1 aliphatic rings. The molecule has 0 radical (unpaired) electrons. The third-order valence-electron chi connectivity index (χ3n) is 7.27. The number of carbonyl (C=O) groups is 2. The van der Waals surface area contributed by atoms with Gasteiger partial charge in [0, 0.05) is 67.5 Å². The summed E-state index contributed by atoms with van der Waals surface area (Å²) in [6.45, 7) is 10.5. The molecule has 1 amide bonds. The van der Waals surface area contributed by atoms with E-state index < -0.39 is 0 Å². The van der Waals surface area contributed by atoms with Crippen molar-refractivity contribution in [2.24, 2.45) is 0 Å². The number of rotatable bonds is 12. The quantitative estimate of drug-likeness (QED) is 0.215. The molecular weight excluding hydrogens is 520 g/mol. The zero-order valence-corrected chi connectivity index (χ0v) is 23.8. The lowest BCUT2D eigenvalue weighted by molar-refractivity contribution is 0.0913. The second-order valence-electron chi connectivity index (χ2n) is 9.94. The summed E-state index contributed by atoms with van der Waals surface area (Å²) in [6, 6.07) is 16.7. The van der Waals surface area contributed by atoms with E-state index in [1.54, 1.807) is 35.2 Å². The van der Waals surface area contributed by atoms with Crippen molar-refractivity contribution in [3.05, 3.63) is 78.1 Å². The highest BCUT2D eigenvalue weighted by Crippen LogP contribution is 2.37. The first-order chi connectivity index (χ1) is 20.0. The second-order valence-corrected chi connectivity index (χ2v) is 9.94. The number of hydrogen-bond donors (Lipinski definition) is 1. The number of carbonyl (C=O) groups excluding carboxylic acids is 2. The van der Waals surface area contributed by atoms with Gasteiger partial charge in [-0.15, -0.1) is 0 Å². The van der Waals surface area contributed by atoms with Crippen molar-refractivity contribution in [3.8, 4) is 17.2 Å². The molecule has 214 valence electrons. The van der Waals surface area contributed by atoms with Gasteiger partial charge in [-0.2, -0.15) is 0 Å². The lowest BCUT2D eigenvalue weighted by Crippen LogP contribution is -2.44. The van der Waals surface area contributed by atoms with Gasteiger partial charge < -0.3 is 24.4 Å². The first kappa shape index (κ1) is 28.3. The Bertz CT molecular complexity index is 1510. The third kappa shape index (κ3) is 6.58. The molecule has 5 rings (SSSR count). The van der Waals surface area contributed by atoms with Crippen LogP contribution in [0.3, 0.4) is 0 Å². The van der Waals surface area contributed by atoms with Crippen molar-refractivity contribution < 1.29 is 23.8 Å². The molecule has 0 unspecified atom stereocenters. The highest BCUT2D eigenvalue weighted by Gasteiger charge is 2.26. The molecule has 41 heavy (non-hydrogen) atoms. The number of ether oxygens (including phenoxy) is 3. The minimum Gasteiger partial charge on any atom is -0.487 e. The normalized spacial score (nSPS) is 13.6. The molecule has 0 aliphatic carbocycles. The summed E-state index contributed by atoms with van der Waals surface area (Å²) in [6.07, 6.45) is 3.72. The molecule has 9 nitrogen and oxygen atoms in total. The Balaban J connectivity index is 1.31. The van der Waals surface area contributed by atoms with Gasteiger partial charge in [-0.3, -0.25) is 14.2 Å². The number of fused-ring (bicyclic) bond motifs is 1. The van der Waals surface area contributed by atoms with E-state index in [-0.39, 0.29) is 11.8 Å². The summed E-state index contributed by atoms with van der Waals surface area (Å²) in [5.74, 6) is 2.09. The average Bonchev–Trinajstić information content (AvgIpc) is 3.37. The molecule has 0 spiro atoms. The number of likely N-dealkylation sites (N-methyl/N-ethyl adjacent to an activating group) is 1. The number of pyridine rings is 1. The largest absolute Gasteiger partial charge is 0.487 e. The Hall–Kier alpha value is -4.21. The first-order valence-electron chi connectivity index (χ1n) is 14.2. The van der Waals surface area contributed by atoms with Gasteiger partial charge in [-0.25, -0.2) is 4.98 Å². The summed E-state index contributed by atoms with van der Waals surface area (Å²) in [4.78, 5) is 32.0. The summed E-state index contributed by atoms with van der Waals surface area (Å²) in [5.41, 5.74) is 2.56. The van der Waals surface area contributed by atoms with Crippen molar-refractivity contribution in [1.82, 2.24) is 14.5 Å². The van der Waals surface area contributed by atoms with Gasteiger partial charge in [-0.1, -0.05) is 26.0 Å². The zero-order chi connectivity index (χ0) is 28.8. The first-order valence-corrected chi connectivity index (χ1v) is 14.2. The minimum absolute atomic E-state index is 0.00994. The molecule has 4 aromatic rings. The van der Waals surface area contributed by atoms with Crippen LogP contribution in [0, 0.1) is 0 Å². The van der Waals surface area contributed by atoms with Gasteiger partial charge in [-0.05, 0) is 49.4 Å². The van der Waals surface area contributed by atoms with Crippen LogP contribution in [0.25, 0.3) is 10.9 Å². The van der Waals surface area contributed by atoms with Crippen molar-refractivity contribution in [2.45, 2.75) is 33.1 Å². The predicted molar refractivity (Wildman–Crippen MR) is 158 cm³/mol. The number of amides is 1. The Kier molecular flexibility index (Phi) is 8.96. The molecule has 0 atom stereocenters. The molecule has 0 saturated carbocycles. The molecule has 3 heterocycles. The monoisotopic (exact) mass is 556 g/mol. The maximum atomic E-state index is 12.9. The van der Waals surface area contributed by atoms with E-state index in [1.165, 1.54) is 5.56 Å². The van der Waals surface area contributed by atoms with E-state index in [1.807, 2.05) is 50.2 Å². The van der Waals surface area contributed by atoms with Gasteiger partial charge in [0.1, 0.15) is 18.2 Å². The minimum atomic E-state index is -0.242. The molecule has 0 bridgehead atoms. The predicted octanol–water partition coefficient (Wildman–Crippen LogP) is 5.97. The Morgan fingerprint density at radius 1 is 0.976 bits per heavy atom. The van der Waals surface area contributed by atoms with Crippen LogP contribution in [0.2, 0.25) is 0 Å². The maximum absolute atomic E-state index is 12.9. The fourth-order valence-corrected chi connectivity index (χ4v) is 4.88. The Morgan fingerprint density at radius 2 is 1.78 bits per heavy atom. The van der Waals surface area contributed by atoms with Gasteiger partial charge in [0.05, 0.1) is 12.1 Å². The fourth-order valence-electron chi connectivity index (χ4n) is 4.88. The zero-order valence-electron chi connectivity index (χ0n) is 23.8. The molecule has 9 heteroatoms. The van der Waals surface area contributed by atoms with Crippen LogP contribution in [0.5, 0.6) is 17.2 Å². The van der Waals surface area contributed by atoms with E-state index in [0.29, 0.717) is 60.8 Å². The summed E-state index contributed by atoms with van der Waals surface area (Å²) in [5, 5.41) is 3.71. The van der Waals surface area contributed by atoms with Crippen LogP contribution < -0.4 is 14.8 Å². The number of likely N-dealkylation sites (tertiary alicyclic amines) is 1. The van der Waals surface area contributed by atoms with Crippen LogP contribution in [0.4, 0.5) is 5.82 Å². The highest BCUT2D eigenvalue weighted by atomic mass is 16.5. The lowest BCUT2D eigenvalue weighted by atomic mass is 9.91. The molecule has 1 aliphatic heterocycles. The molecule has 1 fully saturated rings. The van der Waals surface area contributed by atoms with Gasteiger partial charge in [0.25, 0.3) is 5.91 Å². The topological polar surface area (TPSA) is 94.9 Å². The van der Waals surface area contributed by atoms with E-state index in [0.717, 1.165) is 30.5 Å². The van der Waals surface area contributed by atoms with Gasteiger partial charge in [0.15, 0.2) is 11.5 Å². The Morgan fingerprint density at radius 3 is 2.51 bits per heavy atom. The van der Waals surface area contributed by atoms with Crippen molar-refractivity contribution in [1.29, 1.82) is 0 Å². The average molecular weight is 557 g/mol. The third-order valence-corrected chi connectivity index (χ3v) is 7.27. The van der Waals surface area contributed by atoms with Crippen molar-refractivity contribution in [3.63, 3.8) is 0 Å². The van der Waals surface area contributed by atoms with E-state index >= 15 is 0 Å². The SMILES string of the molecule is CCOCCOc1cc2c(ccn2C(=O)CC)cc1Oc1ccnc(NC(=O)c2ccc(C3CN(CC)C3)cc2)c1. The van der Waals surface area contributed by atoms with E-state index in [2.05, 4.69) is 22.1 Å². The van der Waals surface area contributed by atoms with Crippen LogP contribution in [0.1, 0.15) is 53.8 Å². The van der Waals surface area contributed by atoms with Gasteiger partial charge in [0.2, 0.25) is 5.91 Å². The summed E-state index contributed by atoms with van der Waals surface area (Å²) >= 11 is 0. The standard InChI is InChI=1S/C32H36N4O5/c1-4-31(37)36-14-12-24-17-29(28(19-27(24)36)40-16-15-39-6-3)41-26-11-13-33-30(18-26)34-32(38)23-9-7-22(8-10-23)25-20-35(5-2)21-25/h7-14,17-19,25H,4-6,15-16,20-21H2,1-3H3,(H,33,34,38). The number of anilines is 1. The summed E-state index contributed by atoms with van der Waals surface area (Å²) < 4.78 is 19.3. The number of benzene rings is 2. The van der Waals surface area contributed by atoms with E-state index in [9.17, 15) is 9.59 Å². The van der Waals surface area contributed by atoms with Crippen LogP contribution in [-0.4, -0.2) is 65.7 Å². The number of nitrogens with zero attached hydrogens (tertiary/aromatic N) is 3. The number of nitrogens with one attached hydrogen (secondary N) is 1. The van der Waals surface area contributed by atoms with E-state index in [4.69, 9.17) is 14.2 Å². The molecular formula is C32H36N4O5. The number of aromatic nitrogens is 2. The molecule has 2 aromatic carbocycles. The van der Waals surface area contributed by atoms with Crippen LogP contribution in [-0.2, 0) is 4.74 Å². The smallest absolute Gasteiger partial charge is 0.256 e. The second kappa shape index (κ2) is 13.0. The van der Waals surface area contributed by atoms with Crippen molar-refractivity contribution in [2.75, 3.05) is 44.8 Å². The van der Waals surface area contributed by atoms with Crippen molar-refractivity contribution >= 4 is 28.5 Å². The lowest BCUT2D eigenvalue weighted by Gasteiger charge is -2.38. The molecule has 1 saturated heterocycles. The fraction of sp³-hybridized carbons (Fsp3) is 0.344. The van der Waals surface area contributed by atoms with Gasteiger partial charge >= 0.3 is 0 Å². The Labute approximate surface area is 240 Å². The van der Waals surface area contributed by atoms with Crippen LogP contribution in [0.15, 0.2) is 67.0 Å². The molecule has 2 aromatic heterocycles. The highest BCUT2D eigenvalue weighted by molar-refractivity contribution is 6.03. The number of hydrogen-bond acceptors (Lipinski definition) is 7. The van der Waals surface area contributed by atoms with Crippen LogP contribution >= 0.6 is 0 Å². The maximum Gasteiger partial charge on any atom is 0.256 e. The summed E-state index contributed by atoms with van der Waals surface area (Å²) in [7, 11) is 0.